The first kappa shape index (κ1) is 14.5. The van der Waals surface area contributed by atoms with Crippen LogP contribution in [0.4, 0.5) is 0 Å². The van der Waals surface area contributed by atoms with E-state index in [4.69, 9.17) is 9.52 Å². The zero-order chi connectivity index (χ0) is 15.5. The molecule has 2 aromatic rings. The monoisotopic (exact) mass is 298 g/mol. The summed E-state index contributed by atoms with van der Waals surface area (Å²) in [5.41, 5.74) is 1.80. The molecule has 0 aliphatic carbocycles. The van der Waals surface area contributed by atoms with E-state index in [1.54, 1.807) is 6.08 Å². The van der Waals surface area contributed by atoms with Gasteiger partial charge in [0.2, 0.25) is 5.89 Å². The predicted molar refractivity (Wildman–Crippen MR) is 82.2 cm³/mol. The zero-order valence-corrected chi connectivity index (χ0v) is 12.4. The van der Waals surface area contributed by atoms with Gasteiger partial charge in [-0.1, -0.05) is 30.4 Å². The van der Waals surface area contributed by atoms with Crippen LogP contribution in [0, 0.1) is 12.8 Å². The van der Waals surface area contributed by atoms with Crippen LogP contribution in [0.5, 0.6) is 0 Å². The van der Waals surface area contributed by atoms with E-state index in [-0.39, 0.29) is 0 Å². The number of aliphatic carboxylic acids is 1. The van der Waals surface area contributed by atoms with Gasteiger partial charge in [0.1, 0.15) is 5.76 Å². The van der Waals surface area contributed by atoms with E-state index in [0.29, 0.717) is 19.0 Å². The Hall–Kier alpha value is -2.40. The summed E-state index contributed by atoms with van der Waals surface area (Å²) >= 11 is 0. The number of aryl methyl sites for hydroxylation is 1. The van der Waals surface area contributed by atoms with E-state index in [2.05, 4.69) is 9.88 Å². The van der Waals surface area contributed by atoms with Crippen molar-refractivity contribution in [3.8, 4) is 11.5 Å². The highest BCUT2D eigenvalue weighted by Crippen LogP contribution is 2.23. The third kappa shape index (κ3) is 3.09. The molecule has 22 heavy (non-hydrogen) atoms. The maximum absolute atomic E-state index is 11.1. The second kappa shape index (κ2) is 6.15. The Morgan fingerprint density at radius 3 is 2.91 bits per heavy atom. The van der Waals surface area contributed by atoms with Gasteiger partial charge in [-0.3, -0.25) is 9.69 Å². The summed E-state index contributed by atoms with van der Waals surface area (Å²) in [4.78, 5) is 17.7. The summed E-state index contributed by atoms with van der Waals surface area (Å²) < 4.78 is 5.74. The second-order valence-corrected chi connectivity index (χ2v) is 5.45. The van der Waals surface area contributed by atoms with Crippen molar-refractivity contribution >= 4 is 5.97 Å². The highest BCUT2D eigenvalue weighted by atomic mass is 16.4. The molecule has 0 amide bonds. The Morgan fingerprint density at radius 1 is 1.41 bits per heavy atom. The summed E-state index contributed by atoms with van der Waals surface area (Å²) in [7, 11) is 0. The van der Waals surface area contributed by atoms with Gasteiger partial charge in [0.05, 0.1) is 11.6 Å². The lowest BCUT2D eigenvalue weighted by atomic mass is 10.1. The second-order valence-electron chi connectivity index (χ2n) is 5.45. The first-order chi connectivity index (χ1) is 10.6. The first-order valence-electron chi connectivity index (χ1n) is 7.27. The molecule has 0 fully saturated rings. The molecule has 1 aliphatic heterocycles. The highest BCUT2D eigenvalue weighted by Gasteiger charge is 2.23. The van der Waals surface area contributed by atoms with Crippen molar-refractivity contribution in [3.63, 3.8) is 0 Å². The normalized spacial score (nSPS) is 18.5. The molecule has 1 unspecified atom stereocenters. The Bertz CT molecular complexity index is 691. The first-order valence-corrected chi connectivity index (χ1v) is 7.27. The van der Waals surface area contributed by atoms with Crippen molar-refractivity contribution in [2.75, 3.05) is 13.1 Å². The lowest BCUT2D eigenvalue weighted by Crippen LogP contribution is -2.35. The van der Waals surface area contributed by atoms with Gasteiger partial charge >= 0.3 is 5.97 Å². The van der Waals surface area contributed by atoms with E-state index in [9.17, 15) is 4.79 Å². The van der Waals surface area contributed by atoms with Crippen molar-refractivity contribution in [3.05, 3.63) is 53.9 Å². The van der Waals surface area contributed by atoms with Crippen LogP contribution in [0.15, 0.2) is 46.9 Å². The number of oxazole rings is 1. The standard InChI is InChI=1S/C17H18N2O3/c1-12-15(11-19-9-5-8-14(10-19)17(20)21)18-16(22-12)13-6-3-2-4-7-13/h2-8,14H,9-11H2,1H3,(H,20,21). The molecule has 5 heteroatoms. The van der Waals surface area contributed by atoms with Gasteiger partial charge in [0.25, 0.3) is 0 Å². The van der Waals surface area contributed by atoms with Crippen LogP contribution in [-0.2, 0) is 11.3 Å². The van der Waals surface area contributed by atoms with E-state index in [1.807, 2.05) is 43.3 Å². The third-order valence-corrected chi connectivity index (χ3v) is 3.79. The average molecular weight is 298 g/mol. The van der Waals surface area contributed by atoms with Gasteiger partial charge in [-0.2, -0.15) is 0 Å². The molecule has 0 radical (unpaired) electrons. The number of aromatic nitrogens is 1. The van der Waals surface area contributed by atoms with E-state index in [0.717, 1.165) is 23.6 Å². The smallest absolute Gasteiger partial charge is 0.311 e. The maximum atomic E-state index is 11.1. The van der Waals surface area contributed by atoms with Gasteiger partial charge in [-0.05, 0) is 19.1 Å². The summed E-state index contributed by atoms with van der Waals surface area (Å²) in [6.45, 7) is 3.72. The maximum Gasteiger partial charge on any atom is 0.311 e. The largest absolute Gasteiger partial charge is 0.481 e. The fraction of sp³-hybridized carbons (Fsp3) is 0.294. The molecule has 1 aliphatic rings. The molecule has 0 bridgehead atoms. The lowest BCUT2D eigenvalue weighted by molar-refractivity contribution is -0.140. The third-order valence-electron chi connectivity index (χ3n) is 3.79. The molecule has 0 saturated heterocycles. The van der Waals surface area contributed by atoms with Crippen molar-refractivity contribution in [2.24, 2.45) is 5.92 Å². The molecule has 3 rings (SSSR count). The number of rotatable bonds is 4. The molecular formula is C17H18N2O3. The molecule has 1 atom stereocenters. The van der Waals surface area contributed by atoms with E-state index in [1.165, 1.54) is 0 Å². The van der Waals surface area contributed by atoms with Gasteiger partial charge < -0.3 is 9.52 Å². The zero-order valence-electron chi connectivity index (χ0n) is 12.4. The number of carboxylic acids is 1. The van der Waals surface area contributed by atoms with Crippen molar-refractivity contribution in [1.29, 1.82) is 0 Å². The fourth-order valence-electron chi connectivity index (χ4n) is 2.57. The van der Waals surface area contributed by atoms with Crippen LogP contribution in [-0.4, -0.2) is 34.0 Å². The predicted octanol–water partition coefficient (Wildman–Crippen LogP) is 2.72. The Balaban J connectivity index is 1.75. The van der Waals surface area contributed by atoms with Gasteiger partial charge in [0.15, 0.2) is 0 Å². The molecular weight excluding hydrogens is 280 g/mol. The summed E-state index contributed by atoms with van der Waals surface area (Å²) in [5, 5.41) is 9.12. The molecule has 1 aromatic heterocycles. The molecule has 0 saturated carbocycles. The Labute approximate surface area is 128 Å². The van der Waals surface area contributed by atoms with Crippen LogP contribution in [0.25, 0.3) is 11.5 Å². The SMILES string of the molecule is Cc1oc(-c2ccccc2)nc1CN1CC=CC(C(=O)O)C1. The lowest BCUT2D eigenvalue weighted by Gasteiger charge is -2.25. The minimum absolute atomic E-state index is 0.449. The molecule has 0 spiro atoms. The molecule has 2 heterocycles. The Kier molecular flexibility index (Phi) is 4.06. The van der Waals surface area contributed by atoms with E-state index < -0.39 is 11.9 Å². The van der Waals surface area contributed by atoms with Gasteiger partial charge in [0, 0.05) is 25.2 Å². The number of hydrogen-bond donors (Lipinski definition) is 1. The van der Waals surface area contributed by atoms with Crippen molar-refractivity contribution in [1.82, 2.24) is 9.88 Å². The minimum atomic E-state index is -0.789. The topological polar surface area (TPSA) is 66.6 Å². The van der Waals surface area contributed by atoms with Crippen molar-refractivity contribution in [2.45, 2.75) is 13.5 Å². The number of nitrogens with zero attached hydrogens (tertiary/aromatic N) is 2. The van der Waals surface area contributed by atoms with Crippen LogP contribution in [0.3, 0.4) is 0 Å². The van der Waals surface area contributed by atoms with Crippen LogP contribution >= 0.6 is 0 Å². The van der Waals surface area contributed by atoms with E-state index >= 15 is 0 Å². The van der Waals surface area contributed by atoms with Crippen LogP contribution in [0.2, 0.25) is 0 Å². The Morgan fingerprint density at radius 2 is 2.18 bits per heavy atom. The molecule has 114 valence electrons. The quantitative estimate of drug-likeness (QED) is 0.879. The molecule has 1 aromatic carbocycles. The molecule has 1 N–H and O–H groups in total. The number of carboxylic acid groups (broad SMARTS) is 1. The fourth-order valence-corrected chi connectivity index (χ4v) is 2.57. The highest BCUT2D eigenvalue weighted by molar-refractivity contribution is 5.72. The summed E-state index contributed by atoms with van der Waals surface area (Å²) in [6.07, 6.45) is 3.65. The van der Waals surface area contributed by atoms with Crippen molar-refractivity contribution < 1.29 is 14.3 Å². The summed E-state index contributed by atoms with van der Waals surface area (Å²) in [6, 6.07) is 9.76. The summed E-state index contributed by atoms with van der Waals surface area (Å²) in [5.74, 6) is 0.146. The van der Waals surface area contributed by atoms with Crippen LogP contribution in [0.1, 0.15) is 11.5 Å². The number of carbonyl (C=O) groups is 1. The average Bonchev–Trinajstić information content (AvgIpc) is 2.89. The van der Waals surface area contributed by atoms with Gasteiger partial charge in [-0.25, -0.2) is 4.98 Å². The van der Waals surface area contributed by atoms with Crippen LogP contribution < -0.4 is 0 Å². The number of benzene rings is 1. The number of hydrogen-bond acceptors (Lipinski definition) is 4. The van der Waals surface area contributed by atoms with Gasteiger partial charge in [-0.15, -0.1) is 0 Å². The molecule has 5 nitrogen and oxygen atoms in total. The minimum Gasteiger partial charge on any atom is -0.481 e.